The lowest BCUT2D eigenvalue weighted by Gasteiger charge is -2.36. The van der Waals surface area contributed by atoms with E-state index in [2.05, 4.69) is 4.98 Å². The molecule has 2 aliphatic rings. The fraction of sp³-hybridized carbons (Fsp3) is 0.382. The molecule has 0 radical (unpaired) electrons. The first-order chi connectivity index (χ1) is 24.1. The van der Waals surface area contributed by atoms with Crippen molar-refractivity contribution in [2.75, 3.05) is 37.2 Å². The summed E-state index contributed by atoms with van der Waals surface area (Å²) in [6, 6.07) is 9.03. The number of carbonyl (C=O) groups excluding carboxylic acids is 1. The van der Waals surface area contributed by atoms with E-state index in [0.717, 1.165) is 4.31 Å². The normalized spacial score (nSPS) is 17.2. The molecule has 1 aromatic heterocycles. The Balaban J connectivity index is 1.52. The maximum absolute atomic E-state index is 14.7. The van der Waals surface area contributed by atoms with Gasteiger partial charge in [-0.2, -0.15) is 13.2 Å². The lowest BCUT2D eigenvalue weighted by atomic mass is 9.97. The smallest absolute Gasteiger partial charge is 0.417 e. The van der Waals surface area contributed by atoms with Crippen molar-refractivity contribution in [2.45, 2.75) is 49.8 Å². The summed E-state index contributed by atoms with van der Waals surface area (Å²) < 4.78 is 97.0. The SMILES string of the molecule is C/C(=C\c1ccc2c(c1)N(S(=O)(=O)c1cc(C(F)(F)F)cnc1OCCO)C[C@H](CCC(=O)N1CCC(C(=O)O)CC1)O2)c1c(F)cccc1Cl. The Morgan fingerprint density at radius 1 is 1.16 bits per heavy atom. The molecule has 3 heterocycles. The van der Waals surface area contributed by atoms with E-state index in [1.165, 1.54) is 35.2 Å². The fourth-order valence-corrected chi connectivity index (χ4v) is 7.87. The number of alkyl halides is 3. The fourth-order valence-electron chi connectivity index (χ4n) is 5.95. The topological polar surface area (TPSA) is 147 Å². The van der Waals surface area contributed by atoms with Crippen LogP contribution >= 0.6 is 11.6 Å². The lowest BCUT2D eigenvalue weighted by Crippen LogP contribution is -2.45. The maximum atomic E-state index is 14.7. The van der Waals surface area contributed by atoms with Gasteiger partial charge < -0.3 is 24.6 Å². The van der Waals surface area contributed by atoms with E-state index in [4.69, 9.17) is 21.1 Å². The number of aliphatic hydroxyl groups is 1. The number of carbonyl (C=O) groups is 2. The number of rotatable bonds is 11. The third kappa shape index (κ3) is 8.56. The molecule has 0 unspecified atom stereocenters. The Morgan fingerprint density at radius 2 is 1.88 bits per heavy atom. The third-order valence-electron chi connectivity index (χ3n) is 8.58. The number of aliphatic hydroxyl groups excluding tert-OH is 1. The van der Waals surface area contributed by atoms with Crippen LogP contribution in [0.15, 0.2) is 53.6 Å². The number of ether oxygens (including phenoxy) is 2. The molecule has 1 atom stereocenters. The van der Waals surface area contributed by atoms with Crippen LogP contribution in [0.2, 0.25) is 5.02 Å². The van der Waals surface area contributed by atoms with Gasteiger partial charge in [0.05, 0.1) is 35.3 Å². The Morgan fingerprint density at radius 3 is 2.53 bits per heavy atom. The summed E-state index contributed by atoms with van der Waals surface area (Å²) in [7, 11) is -4.90. The number of likely N-dealkylation sites (tertiary alicyclic amines) is 1. The third-order valence-corrected chi connectivity index (χ3v) is 10.7. The number of hydrogen-bond acceptors (Lipinski definition) is 8. The number of piperidine rings is 1. The number of sulfonamides is 1. The Bertz CT molecular complexity index is 1910. The van der Waals surface area contributed by atoms with Gasteiger partial charge in [-0.05, 0) is 67.7 Å². The predicted octanol–water partition coefficient (Wildman–Crippen LogP) is 5.88. The number of hydrogen-bond donors (Lipinski definition) is 2. The summed E-state index contributed by atoms with van der Waals surface area (Å²) in [5.74, 6) is -2.97. The van der Waals surface area contributed by atoms with Crippen LogP contribution < -0.4 is 13.8 Å². The van der Waals surface area contributed by atoms with Gasteiger partial charge >= 0.3 is 12.1 Å². The average Bonchev–Trinajstić information content (AvgIpc) is 3.08. The van der Waals surface area contributed by atoms with Gasteiger partial charge in [-0.15, -0.1) is 0 Å². The molecule has 3 aromatic rings. The van der Waals surface area contributed by atoms with Crippen LogP contribution in [0.5, 0.6) is 11.6 Å². The van der Waals surface area contributed by atoms with E-state index in [0.29, 0.717) is 36.2 Å². The van der Waals surface area contributed by atoms with Crippen molar-refractivity contribution in [2.24, 2.45) is 5.92 Å². The van der Waals surface area contributed by atoms with Gasteiger partial charge in [0.25, 0.3) is 10.0 Å². The van der Waals surface area contributed by atoms with Crippen molar-refractivity contribution in [1.29, 1.82) is 0 Å². The molecule has 2 aromatic carbocycles. The molecule has 0 saturated carbocycles. The predicted molar refractivity (Wildman–Crippen MR) is 178 cm³/mol. The second kappa shape index (κ2) is 15.5. The molecule has 1 amide bonds. The standard InChI is InChI=1S/C34H34ClF4N3O8S/c1-20(31-25(35)3-2-4-26(31)36)15-21-5-7-28-27(16-21)42(19-24(50-28)6-8-30(44)41-11-9-22(10-12-41)33(45)46)51(47,48)29-17-23(34(37,38)39)18-40-32(29)49-14-13-43/h2-5,7,15-18,22,24,43H,6,8-14,19H2,1H3,(H,45,46)/b20-15+/t24-/m0/s1. The first-order valence-corrected chi connectivity index (χ1v) is 17.7. The number of aromatic nitrogens is 1. The van der Waals surface area contributed by atoms with E-state index in [1.54, 1.807) is 19.1 Å². The minimum atomic E-state index is -4.96. The van der Waals surface area contributed by atoms with Gasteiger partial charge in [-0.3, -0.25) is 13.9 Å². The summed E-state index contributed by atoms with van der Waals surface area (Å²) in [4.78, 5) is 28.6. The lowest BCUT2D eigenvalue weighted by molar-refractivity contribution is -0.145. The average molecular weight is 756 g/mol. The number of benzene rings is 2. The molecule has 1 saturated heterocycles. The van der Waals surface area contributed by atoms with Crippen molar-refractivity contribution in [3.63, 3.8) is 0 Å². The Hall–Kier alpha value is -4.41. The highest BCUT2D eigenvalue weighted by molar-refractivity contribution is 7.93. The second-order valence-electron chi connectivity index (χ2n) is 12.1. The monoisotopic (exact) mass is 755 g/mol. The number of amides is 1. The zero-order valence-corrected chi connectivity index (χ0v) is 28.8. The molecule has 0 aliphatic carbocycles. The maximum Gasteiger partial charge on any atom is 0.417 e. The zero-order valence-electron chi connectivity index (χ0n) is 27.2. The number of allylic oxidation sites excluding steroid dienone is 1. The molecule has 274 valence electrons. The van der Waals surface area contributed by atoms with Crippen LogP contribution in [0.3, 0.4) is 0 Å². The van der Waals surface area contributed by atoms with Crippen molar-refractivity contribution < 1.29 is 55.3 Å². The second-order valence-corrected chi connectivity index (χ2v) is 14.3. The van der Waals surface area contributed by atoms with E-state index >= 15 is 0 Å². The van der Waals surface area contributed by atoms with Crippen LogP contribution in [-0.2, 0) is 25.8 Å². The number of pyridine rings is 1. The number of carboxylic acid groups (broad SMARTS) is 1. The van der Waals surface area contributed by atoms with Crippen molar-refractivity contribution in [3.8, 4) is 11.6 Å². The molecular weight excluding hydrogens is 722 g/mol. The molecule has 17 heteroatoms. The molecule has 2 N–H and O–H groups in total. The number of aliphatic carboxylic acids is 1. The van der Waals surface area contributed by atoms with E-state index < -0.39 is 76.1 Å². The van der Waals surface area contributed by atoms with Crippen LogP contribution in [0.4, 0.5) is 23.2 Å². The first kappa shape index (κ1) is 37.8. The van der Waals surface area contributed by atoms with Gasteiger partial charge in [0.15, 0.2) is 4.90 Å². The van der Waals surface area contributed by atoms with Crippen molar-refractivity contribution >= 4 is 50.8 Å². The van der Waals surface area contributed by atoms with E-state index in [9.17, 15) is 45.8 Å². The summed E-state index contributed by atoms with van der Waals surface area (Å²) in [6.45, 7) is 0.639. The van der Waals surface area contributed by atoms with Gasteiger partial charge in [0.2, 0.25) is 11.8 Å². The highest BCUT2D eigenvalue weighted by Gasteiger charge is 2.40. The number of nitrogens with zero attached hydrogens (tertiary/aromatic N) is 3. The summed E-state index contributed by atoms with van der Waals surface area (Å²) in [6.07, 6.45) is -3.39. The van der Waals surface area contributed by atoms with Gasteiger partial charge in [-0.1, -0.05) is 29.8 Å². The number of anilines is 1. The van der Waals surface area contributed by atoms with Crippen LogP contribution in [0, 0.1) is 11.7 Å². The molecule has 11 nitrogen and oxygen atoms in total. The highest BCUT2D eigenvalue weighted by Crippen LogP contribution is 2.42. The summed E-state index contributed by atoms with van der Waals surface area (Å²) >= 11 is 6.24. The Labute approximate surface area is 296 Å². The first-order valence-electron chi connectivity index (χ1n) is 15.9. The molecule has 0 bridgehead atoms. The zero-order chi connectivity index (χ0) is 37.1. The number of halogens is 5. The van der Waals surface area contributed by atoms with Crippen LogP contribution in [0.25, 0.3) is 11.6 Å². The quantitative estimate of drug-likeness (QED) is 0.181. The summed E-state index contributed by atoms with van der Waals surface area (Å²) in [5.41, 5.74) is -0.509. The van der Waals surface area contributed by atoms with Gasteiger partial charge in [0, 0.05) is 31.3 Å². The van der Waals surface area contributed by atoms with E-state index in [1.807, 2.05) is 0 Å². The highest BCUT2D eigenvalue weighted by atomic mass is 35.5. The molecule has 1 fully saturated rings. The van der Waals surface area contributed by atoms with Crippen LogP contribution in [-0.4, -0.2) is 79.3 Å². The van der Waals surface area contributed by atoms with E-state index in [-0.39, 0.29) is 53.9 Å². The van der Waals surface area contributed by atoms with Crippen molar-refractivity contribution in [3.05, 3.63) is 76.2 Å². The molecule has 51 heavy (non-hydrogen) atoms. The van der Waals surface area contributed by atoms with Gasteiger partial charge in [0.1, 0.15) is 24.3 Å². The minimum absolute atomic E-state index is 0.0183. The number of carboxylic acids is 1. The Kier molecular flexibility index (Phi) is 11.5. The van der Waals surface area contributed by atoms with Crippen molar-refractivity contribution in [1.82, 2.24) is 9.88 Å². The van der Waals surface area contributed by atoms with Crippen LogP contribution in [0.1, 0.15) is 49.3 Å². The molecule has 2 aliphatic heterocycles. The molecule has 5 rings (SSSR count). The minimum Gasteiger partial charge on any atom is -0.486 e. The largest absolute Gasteiger partial charge is 0.486 e. The molecular formula is C34H34ClF4N3O8S. The van der Waals surface area contributed by atoms with Gasteiger partial charge in [-0.25, -0.2) is 17.8 Å². The summed E-state index contributed by atoms with van der Waals surface area (Å²) in [5, 5.41) is 18.7. The molecule has 0 spiro atoms. The number of fused-ring (bicyclic) bond motifs is 1.